The number of aryl methyl sites for hydroxylation is 1. The van der Waals surface area contributed by atoms with Crippen LogP contribution in [0.3, 0.4) is 0 Å². The lowest BCUT2D eigenvalue weighted by molar-refractivity contribution is -0.385. The summed E-state index contributed by atoms with van der Waals surface area (Å²) in [6, 6.07) is 5.50. The number of ketones is 2. The maximum atomic E-state index is 13.0. The van der Waals surface area contributed by atoms with Crippen molar-refractivity contribution in [2.75, 3.05) is 14.2 Å². The first-order valence-corrected chi connectivity index (χ1v) is 9.32. The van der Waals surface area contributed by atoms with Crippen LogP contribution in [0.4, 0.5) is 5.69 Å². The maximum Gasteiger partial charge on any atom is 0.318 e. The Kier molecular flexibility index (Phi) is 5.95. The van der Waals surface area contributed by atoms with Gasteiger partial charge in [-0.1, -0.05) is 6.42 Å². The molecule has 29 heavy (non-hydrogen) atoms. The molecule has 0 radical (unpaired) electrons. The van der Waals surface area contributed by atoms with E-state index in [0.717, 1.165) is 18.2 Å². The molecule has 2 unspecified atom stereocenters. The largest absolute Gasteiger partial charge is 0.497 e. The van der Waals surface area contributed by atoms with Crippen molar-refractivity contribution < 1.29 is 24.0 Å². The second kappa shape index (κ2) is 8.42. The van der Waals surface area contributed by atoms with Crippen molar-refractivity contribution in [2.45, 2.75) is 31.6 Å². The number of nitro groups is 1. The molecule has 3 rings (SSSR count). The van der Waals surface area contributed by atoms with E-state index in [9.17, 15) is 19.7 Å². The van der Waals surface area contributed by atoms with Crippen LogP contribution in [0.25, 0.3) is 0 Å². The summed E-state index contributed by atoms with van der Waals surface area (Å²) < 4.78 is 11.8. The fraction of sp³-hybridized carbons (Fsp3) is 0.450. The Labute approximate surface area is 167 Å². The zero-order chi connectivity index (χ0) is 21.1. The van der Waals surface area contributed by atoms with E-state index in [-0.39, 0.29) is 29.5 Å². The SMILES string of the molecule is COc1cc(OC)cc(C2CCCC(C(=O)c3c([N+](=O)[O-])cnn3C)C(=O)C2)c1. The molecule has 2 atom stereocenters. The van der Waals surface area contributed by atoms with Gasteiger partial charge in [0.1, 0.15) is 23.5 Å². The minimum atomic E-state index is -0.901. The Balaban J connectivity index is 1.86. The average Bonchev–Trinajstić information content (AvgIpc) is 2.99. The van der Waals surface area contributed by atoms with Crippen molar-refractivity contribution in [3.8, 4) is 11.5 Å². The molecule has 2 aromatic rings. The number of Topliss-reactive ketones (excluding diaryl/α,β-unsaturated/α-hetero) is 2. The van der Waals surface area contributed by atoms with Gasteiger partial charge < -0.3 is 9.47 Å². The first-order chi connectivity index (χ1) is 13.8. The van der Waals surface area contributed by atoms with Crippen LogP contribution < -0.4 is 9.47 Å². The summed E-state index contributed by atoms with van der Waals surface area (Å²) in [4.78, 5) is 36.5. The quantitative estimate of drug-likeness (QED) is 0.240. The Hall–Kier alpha value is -3.23. The number of hydrogen-bond donors (Lipinski definition) is 0. The van der Waals surface area contributed by atoms with Crippen molar-refractivity contribution in [2.24, 2.45) is 13.0 Å². The van der Waals surface area contributed by atoms with Crippen LogP contribution in [-0.2, 0) is 11.8 Å². The Morgan fingerprint density at radius 2 is 1.86 bits per heavy atom. The van der Waals surface area contributed by atoms with Crippen molar-refractivity contribution in [3.05, 3.63) is 45.8 Å². The van der Waals surface area contributed by atoms with Crippen LogP contribution in [0.2, 0.25) is 0 Å². The smallest absolute Gasteiger partial charge is 0.318 e. The van der Waals surface area contributed by atoms with Crippen LogP contribution in [0.5, 0.6) is 11.5 Å². The fourth-order valence-electron chi connectivity index (χ4n) is 3.85. The lowest BCUT2D eigenvalue weighted by Crippen LogP contribution is -2.26. The molecule has 1 aromatic carbocycles. The maximum absolute atomic E-state index is 13.0. The molecule has 0 saturated heterocycles. The van der Waals surface area contributed by atoms with Crippen LogP contribution in [0.1, 0.15) is 47.7 Å². The van der Waals surface area contributed by atoms with E-state index in [1.54, 1.807) is 20.3 Å². The van der Waals surface area contributed by atoms with Gasteiger partial charge in [0.2, 0.25) is 0 Å². The van der Waals surface area contributed by atoms with Gasteiger partial charge >= 0.3 is 5.69 Å². The minimum Gasteiger partial charge on any atom is -0.497 e. The number of carbonyl (C=O) groups excluding carboxylic acids is 2. The predicted molar refractivity (Wildman–Crippen MR) is 103 cm³/mol. The van der Waals surface area contributed by atoms with E-state index in [0.29, 0.717) is 24.3 Å². The normalized spacial score (nSPS) is 19.5. The fourth-order valence-corrected chi connectivity index (χ4v) is 3.85. The predicted octanol–water partition coefficient (Wildman–Crippen LogP) is 3.07. The molecule has 1 heterocycles. The second-order valence-corrected chi connectivity index (χ2v) is 7.12. The van der Waals surface area contributed by atoms with Gasteiger partial charge in [-0.15, -0.1) is 0 Å². The van der Waals surface area contributed by atoms with E-state index in [4.69, 9.17) is 9.47 Å². The molecule has 0 spiro atoms. The molecule has 0 aliphatic heterocycles. The number of hydrogen-bond acceptors (Lipinski definition) is 7. The molecule has 0 bridgehead atoms. The molecule has 1 aliphatic rings. The highest BCUT2D eigenvalue weighted by molar-refractivity contribution is 6.11. The third-order valence-electron chi connectivity index (χ3n) is 5.39. The van der Waals surface area contributed by atoms with Crippen molar-refractivity contribution in [3.63, 3.8) is 0 Å². The van der Waals surface area contributed by atoms with E-state index < -0.39 is 16.6 Å². The van der Waals surface area contributed by atoms with E-state index in [1.165, 1.54) is 11.7 Å². The zero-order valence-corrected chi connectivity index (χ0v) is 16.6. The third kappa shape index (κ3) is 4.13. The van der Waals surface area contributed by atoms with Gasteiger partial charge in [-0.3, -0.25) is 24.4 Å². The number of methoxy groups -OCH3 is 2. The first-order valence-electron chi connectivity index (χ1n) is 9.32. The molecule has 9 nitrogen and oxygen atoms in total. The molecule has 0 N–H and O–H groups in total. The Morgan fingerprint density at radius 3 is 2.45 bits per heavy atom. The summed E-state index contributed by atoms with van der Waals surface area (Å²) >= 11 is 0. The molecular weight excluding hydrogens is 378 g/mol. The van der Waals surface area contributed by atoms with Gasteiger partial charge in [-0.2, -0.15) is 5.10 Å². The van der Waals surface area contributed by atoms with E-state index in [2.05, 4.69) is 5.10 Å². The number of ether oxygens (including phenoxy) is 2. The standard InChI is InChI=1S/C20H23N3O6/c1-22-19(17(11-21-22)23(26)27)20(25)16-6-4-5-12(9-18(16)24)13-7-14(28-2)10-15(8-13)29-3/h7-8,10-12,16H,4-6,9H2,1-3H3. The summed E-state index contributed by atoms with van der Waals surface area (Å²) in [6.45, 7) is 0. The number of nitrogens with zero attached hydrogens (tertiary/aromatic N) is 3. The Bertz CT molecular complexity index is 929. The highest BCUT2D eigenvalue weighted by atomic mass is 16.6. The van der Waals surface area contributed by atoms with Gasteiger partial charge in [0, 0.05) is 19.5 Å². The summed E-state index contributed by atoms with van der Waals surface area (Å²) in [7, 11) is 4.59. The number of benzene rings is 1. The Morgan fingerprint density at radius 1 is 1.21 bits per heavy atom. The van der Waals surface area contributed by atoms with Crippen LogP contribution >= 0.6 is 0 Å². The molecule has 154 valence electrons. The molecule has 1 fully saturated rings. The van der Waals surface area contributed by atoms with Gasteiger partial charge in [0.25, 0.3) is 0 Å². The summed E-state index contributed by atoms with van der Waals surface area (Å²) in [5.41, 5.74) is 0.410. The molecule has 1 saturated carbocycles. The zero-order valence-electron chi connectivity index (χ0n) is 16.6. The van der Waals surface area contributed by atoms with Gasteiger partial charge in [-0.05, 0) is 36.5 Å². The molecule has 0 amide bonds. The number of rotatable bonds is 6. The lowest BCUT2D eigenvalue weighted by atomic mass is 9.88. The molecular formula is C20H23N3O6. The summed E-state index contributed by atoms with van der Waals surface area (Å²) in [5, 5.41) is 15.0. The third-order valence-corrected chi connectivity index (χ3v) is 5.39. The van der Waals surface area contributed by atoms with Crippen LogP contribution in [0, 0.1) is 16.0 Å². The topological polar surface area (TPSA) is 114 Å². The lowest BCUT2D eigenvalue weighted by Gasteiger charge is -2.17. The minimum absolute atomic E-state index is 0.0779. The highest BCUT2D eigenvalue weighted by Crippen LogP contribution is 2.37. The van der Waals surface area contributed by atoms with E-state index in [1.807, 2.05) is 12.1 Å². The van der Waals surface area contributed by atoms with Gasteiger partial charge in [0.05, 0.1) is 25.1 Å². The molecule has 9 heteroatoms. The average molecular weight is 401 g/mol. The molecule has 1 aromatic heterocycles. The van der Waals surface area contributed by atoms with Crippen molar-refractivity contribution in [1.82, 2.24) is 9.78 Å². The number of carbonyl (C=O) groups is 2. The first kappa shape index (κ1) is 20.5. The van der Waals surface area contributed by atoms with E-state index >= 15 is 0 Å². The summed E-state index contributed by atoms with van der Waals surface area (Å²) in [5.74, 6) is -0.462. The monoisotopic (exact) mass is 401 g/mol. The van der Waals surface area contributed by atoms with Gasteiger partial charge in [0.15, 0.2) is 11.5 Å². The summed E-state index contributed by atoms with van der Waals surface area (Å²) in [6.07, 6.45) is 2.95. The van der Waals surface area contributed by atoms with Crippen molar-refractivity contribution >= 4 is 17.3 Å². The number of aromatic nitrogens is 2. The van der Waals surface area contributed by atoms with Crippen LogP contribution in [-0.4, -0.2) is 40.5 Å². The second-order valence-electron chi connectivity index (χ2n) is 7.12. The highest BCUT2D eigenvalue weighted by Gasteiger charge is 2.37. The van der Waals surface area contributed by atoms with Crippen LogP contribution in [0.15, 0.2) is 24.4 Å². The van der Waals surface area contributed by atoms with Gasteiger partial charge in [-0.25, -0.2) is 0 Å². The molecule has 1 aliphatic carbocycles. The van der Waals surface area contributed by atoms with Crippen molar-refractivity contribution in [1.29, 1.82) is 0 Å².